The summed E-state index contributed by atoms with van der Waals surface area (Å²) in [5, 5.41) is 4.99. The number of nitrogens with one attached hydrogen (secondary N) is 1. The summed E-state index contributed by atoms with van der Waals surface area (Å²) < 4.78 is 2.55. The van der Waals surface area contributed by atoms with Crippen molar-refractivity contribution in [3.8, 4) is 0 Å². The van der Waals surface area contributed by atoms with E-state index in [1.807, 2.05) is 13.1 Å². The van der Waals surface area contributed by atoms with Crippen LogP contribution in [0, 0.1) is 6.92 Å². The van der Waals surface area contributed by atoms with Crippen molar-refractivity contribution >= 4 is 10.9 Å². The zero-order valence-electron chi connectivity index (χ0n) is 15.5. The molecule has 1 aromatic carbocycles. The van der Waals surface area contributed by atoms with Gasteiger partial charge in [-0.25, -0.2) is 0 Å². The van der Waals surface area contributed by atoms with E-state index in [2.05, 4.69) is 59.0 Å². The smallest absolute Gasteiger partial charge is 0.0486 e. The van der Waals surface area contributed by atoms with Crippen molar-refractivity contribution in [3.63, 3.8) is 0 Å². The van der Waals surface area contributed by atoms with Crippen LogP contribution in [0.3, 0.4) is 0 Å². The van der Waals surface area contributed by atoms with Crippen molar-refractivity contribution in [3.05, 3.63) is 64.6 Å². The lowest BCUT2D eigenvalue weighted by atomic mass is 9.99. The van der Waals surface area contributed by atoms with Crippen LogP contribution in [0.5, 0.6) is 0 Å². The van der Waals surface area contributed by atoms with Crippen LogP contribution in [0.2, 0.25) is 0 Å². The summed E-state index contributed by atoms with van der Waals surface area (Å²) in [6, 6.07) is 11.4. The van der Waals surface area contributed by atoms with E-state index in [4.69, 9.17) is 0 Å². The summed E-state index contributed by atoms with van der Waals surface area (Å²) in [4.78, 5) is 4.44. The van der Waals surface area contributed by atoms with Gasteiger partial charge in [0.05, 0.1) is 0 Å². The molecule has 130 valence electrons. The highest BCUT2D eigenvalue weighted by Gasteiger charge is 2.20. The molecule has 25 heavy (non-hydrogen) atoms. The van der Waals surface area contributed by atoms with Crippen LogP contribution in [0.4, 0.5) is 0 Å². The Balaban J connectivity index is 1.73. The molecule has 3 nitrogen and oxygen atoms in total. The summed E-state index contributed by atoms with van der Waals surface area (Å²) in [5.41, 5.74) is 8.24. The number of hydrogen-bond donors (Lipinski definition) is 1. The number of hydrogen-bond acceptors (Lipinski definition) is 2. The Morgan fingerprint density at radius 2 is 2.08 bits per heavy atom. The molecule has 3 aromatic rings. The zero-order chi connectivity index (χ0) is 17.4. The molecule has 0 fully saturated rings. The van der Waals surface area contributed by atoms with E-state index in [1.54, 1.807) is 0 Å². The third-order valence-corrected chi connectivity index (χ3v) is 5.41. The van der Waals surface area contributed by atoms with Gasteiger partial charge in [-0.05, 0) is 54.2 Å². The first kappa shape index (κ1) is 16.3. The Bertz CT molecular complexity index is 888. The second-order valence-electron chi connectivity index (χ2n) is 7.49. The van der Waals surface area contributed by atoms with Crippen LogP contribution in [-0.2, 0) is 25.9 Å². The molecule has 1 aliphatic rings. The lowest BCUT2D eigenvalue weighted by molar-refractivity contribution is 0.594. The van der Waals surface area contributed by atoms with Crippen molar-refractivity contribution in [2.45, 2.75) is 52.6 Å². The van der Waals surface area contributed by atoms with Crippen molar-refractivity contribution in [1.29, 1.82) is 0 Å². The lowest BCUT2D eigenvalue weighted by Gasteiger charge is -2.17. The maximum absolute atomic E-state index is 4.44. The average Bonchev–Trinajstić information content (AvgIpc) is 2.94. The minimum Gasteiger partial charge on any atom is -0.344 e. The van der Waals surface area contributed by atoms with E-state index in [-0.39, 0.29) is 0 Å². The van der Waals surface area contributed by atoms with Crippen LogP contribution in [0.15, 0.2) is 36.5 Å². The highest BCUT2D eigenvalue weighted by Crippen LogP contribution is 2.31. The molecule has 0 bridgehead atoms. The minimum absolute atomic E-state index is 0.568. The van der Waals surface area contributed by atoms with Gasteiger partial charge in [0.2, 0.25) is 0 Å². The van der Waals surface area contributed by atoms with Gasteiger partial charge in [-0.15, -0.1) is 0 Å². The van der Waals surface area contributed by atoms with Gasteiger partial charge in [-0.1, -0.05) is 26.0 Å². The maximum atomic E-state index is 4.44. The predicted molar refractivity (Wildman–Crippen MR) is 104 cm³/mol. The summed E-state index contributed by atoms with van der Waals surface area (Å²) in [7, 11) is 0. The first-order valence-corrected chi connectivity index (χ1v) is 9.39. The molecule has 2 aromatic heterocycles. The van der Waals surface area contributed by atoms with Gasteiger partial charge in [-0.3, -0.25) is 4.98 Å². The van der Waals surface area contributed by atoms with Crippen LogP contribution >= 0.6 is 0 Å². The van der Waals surface area contributed by atoms with E-state index < -0.39 is 0 Å². The summed E-state index contributed by atoms with van der Waals surface area (Å²) >= 11 is 0. The van der Waals surface area contributed by atoms with Crippen LogP contribution in [0.1, 0.15) is 47.8 Å². The molecule has 1 aliphatic heterocycles. The molecule has 0 aliphatic carbocycles. The topological polar surface area (TPSA) is 29.9 Å². The summed E-state index contributed by atoms with van der Waals surface area (Å²) in [5.74, 6) is 0.568. The van der Waals surface area contributed by atoms with Gasteiger partial charge in [-0.2, -0.15) is 0 Å². The molecule has 0 unspecified atom stereocenters. The first-order valence-electron chi connectivity index (χ1n) is 9.39. The highest BCUT2D eigenvalue weighted by molar-refractivity contribution is 5.86. The predicted octanol–water partition coefficient (Wildman–Crippen LogP) is 4.36. The van der Waals surface area contributed by atoms with Gasteiger partial charge in [0.15, 0.2) is 0 Å². The first-order chi connectivity index (χ1) is 12.1. The lowest BCUT2D eigenvalue weighted by Crippen LogP contribution is -2.24. The van der Waals surface area contributed by atoms with Gasteiger partial charge in [0, 0.05) is 54.5 Å². The molecule has 0 atom stereocenters. The van der Waals surface area contributed by atoms with E-state index in [0.29, 0.717) is 5.92 Å². The van der Waals surface area contributed by atoms with E-state index >= 15 is 0 Å². The Kier molecular flexibility index (Phi) is 4.34. The fraction of sp³-hybridized carbons (Fsp3) is 0.409. The number of aryl methyl sites for hydroxylation is 3. The van der Waals surface area contributed by atoms with Crippen LogP contribution < -0.4 is 5.32 Å². The Hall–Kier alpha value is -2.13. The summed E-state index contributed by atoms with van der Waals surface area (Å²) in [6.07, 6.45) is 4.17. The van der Waals surface area contributed by atoms with Gasteiger partial charge in [0.25, 0.3) is 0 Å². The van der Waals surface area contributed by atoms with Gasteiger partial charge in [0.1, 0.15) is 0 Å². The highest BCUT2D eigenvalue weighted by atomic mass is 15.0. The third kappa shape index (κ3) is 3.09. The quantitative estimate of drug-likeness (QED) is 0.769. The van der Waals surface area contributed by atoms with Crippen molar-refractivity contribution in [1.82, 2.24) is 14.9 Å². The van der Waals surface area contributed by atoms with Crippen LogP contribution in [-0.4, -0.2) is 16.1 Å². The molecule has 3 heterocycles. The largest absolute Gasteiger partial charge is 0.344 e. The van der Waals surface area contributed by atoms with Gasteiger partial charge >= 0.3 is 0 Å². The second-order valence-corrected chi connectivity index (χ2v) is 7.49. The summed E-state index contributed by atoms with van der Waals surface area (Å²) in [6.45, 7) is 9.68. The van der Waals surface area contributed by atoms with E-state index in [9.17, 15) is 0 Å². The molecule has 0 spiro atoms. The standard InChI is InChI=1S/C22H27N3/c1-15(2)18-6-7-21-19(12-18)20-14-23-10-8-22(20)25(21)11-9-17-5-4-16(3)24-13-17/h4-7,12-13,15,23H,8-11,14H2,1-3H3. The molecular formula is C22H27N3. The van der Waals surface area contributed by atoms with Crippen LogP contribution in [0.25, 0.3) is 10.9 Å². The molecule has 0 saturated carbocycles. The SMILES string of the molecule is Cc1ccc(CCn2c3c(c4cc(C(C)C)ccc42)CNCC3)cn1. The zero-order valence-corrected chi connectivity index (χ0v) is 15.5. The Morgan fingerprint density at radius 1 is 1.20 bits per heavy atom. The fourth-order valence-electron chi connectivity index (χ4n) is 3.90. The molecule has 3 heteroatoms. The maximum Gasteiger partial charge on any atom is 0.0486 e. The molecule has 0 amide bonds. The van der Waals surface area contributed by atoms with E-state index in [0.717, 1.165) is 38.2 Å². The number of aromatic nitrogens is 2. The number of pyridine rings is 1. The Morgan fingerprint density at radius 3 is 2.84 bits per heavy atom. The van der Waals surface area contributed by atoms with E-state index in [1.165, 1.54) is 33.3 Å². The minimum atomic E-state index is 0.568. The number of fused-ring (bicyclic) bond motifs is 3. The van der Waals surface area contributed by atoms with Crippen molar-refractivity contribution < 1.29 is 0 Å². The molecule has 4 rings (SSSR count). The molecule has 0 saturated heterocycles. The molecular weight excluding hydrogens is 306 g/mol. The molecule has 0 radical (unpaired) electrons. The third-order valence-electron chi connectivity index (χ3n) is 5.41. The monoisotopic (exact) mass is 333 g/mol. The normalized spacial score (nSPS) is 14.2. The number of benzene rings is 1. The van der Waals surface area contributed by atoms with Gasteiger partial charge < -0.3 is 9.88 Å². The fourth-order valence-corrected chi connectivity index (χ4v) is 3.90. The average molecular weight is 333 g/mol. The number of nitrogens with zero attached hydrogens (tertiary/aromatic N) is 2. The molecule has 1 N–H and O–H groups in total. The van der Waals surface area contributed by atoms with Crippen molar-refractivity contribution in [2.24, 2.45) is 0 Å². The number of rotatable bonds is 4. The van der Waals surface area contributed by atoms with Crippen molar-refractivity contribution in [2.75, 3.05) is 6.54 Å². The second kappa shape index (κ2) is 6.64. The Labute approximate surface area is 150 Å².